The van der Waals surface area contributed by atoms with Crippen LogP contribution < -0.4 is 14.3 Å². The summed E-state index contributed by atoms with van der Waals surface area (Å²) in [7, 11) is -0.893. The molecule has 0 amide bonds. The van der Waals surface area contributed by atoms with Gasteiger partial charge in [0, 0.05) is 24.0 Å². The first kappa shape index (κ1) is 16.8. The Bertz CT molecular complexity index is 805. The van der Waals surface area contributed by atoms with Crippen LogP contribution in [-0.4, -0.2) is 33.3 Å². The van der Waals surface area contributed by atoms with Crippen molar-refractivity contribution >= 4 is 15.7 Å². The van der Waals surface area contributed by atoms with Crippen LogP contribution in [-0.2, 0) is 10.0 Å². The van der Waals surface area contributed by atoms with Crippen LogP contribution >= 0.6 is 0 Å². The highest BCUT2D eigenvalue weighted by atomic mass is 32.2. The number of nitrogens with zero attached hydrogens (tertiary/aromatic N) is 2. The molecule has 0 spiro atoms. The predicted molar refractivity (Wildman–Crippen MR) is 86.3 cm³/mol. The van der Waals surface area contributed by atoms with E-state index < -0.39 is 10.0 Å². The third kappa shape index (κ3) is 3.98. The lowest BCUT2D eigenvalue weighted by atomic mass is 10.2. The lowest BCUT2D eigenvalue weighted by Gasteiger charge is -2.10. The Labute approximate surface area is 135 Å². The first-order chi connectivity index (χ1) is 11.0. The first-order valence-corrected chi connectivity index (χ1v) is 8.15. The molecule has 0 atom stereocenters. The number of hydrogen-bond donors (Lipinski definition) is 1. The second-order valence-corrected chi connectivity index (χ2v) is 6.21. The topological polar surface area (TPSA) is 89.9 Å². The summed E-state index contributed by atoms with van der Waals surface area (Å²) >= 11 is 0. The largest absolute Gasteiger partial charge is 0.493 e. The molecule has 0 saturated heterocycles. The van der Waals surface area contributed by atoms with Gasteiger partial charge in [0.15, 0.2) is 11.5 Å². The van der Waals surface area contributed by atoms with Crippen LogP contribution in [0.2, 0.25) is 0 Å². The summed E-state index contributed by atoms with van der Waals surface area (Å²) in [6, 6.07) is 7.79. The number of benzene rings is 1. The molecule has 1 aromatic heterocycles. The molecule has 0 saturated carbocycles. The number of rotatable bonds is 6. The van der Waals surface area contributed by atoms with Crippen LogP contribution in [0.5, 0.6) is 11.5 Å². The van der Waals surface area contributed by atoms with Crippen molar-refractivity contribution in [2.45, 2.75) is 11.8 Å². The van der Waals surface area contributed by atoms with Crippen molar-refractivity contribution in [1.82, 2.24) is 9.82 Å². The molecule has 0 bridgehead atoms. The minimum absolute atomic E-state index is 0.0291. The molecule has 2 rings (SSSR count). The van der Waals surface area contributed by atoms with Gasteiger partial charge in [0.25, 0.3) is 10.0 Å². The van der Waals surface area contributed by atoms with Gasteiger partial charge in [0.05, 0.1) is 24.8 Å². The molecule has 2 aromatic rings. The molecule has 0 unspecified atom stereocenters. The maximum absolute atomic E-state index is 12.3. The number of hydrazone groups is 1. The quantitative estimate of drug-likeness (QED) is 0.642. The van der Waals surface area contributed by atoms with Gasteiger partial charge in [-0.2, -0.15) is 18.4 Å². The maximum Gasteiger partial charge on any atom is 0.276 e. The van der Waals surface area contributed by atoms with Crippen molar-refractivity contribution in [3.8, 4) is 11.5 Å². The summed E-state index contributed by atoms with van der Waals surface area (Å²) in [6.07, 6.45) is 3.22. The van der Waals surface area contributed by atoms with Gasteiger partial charge in [-0.15, -0.1) is 0 Å². The van der Waals surface area contributed by atoms with Gasteiger partial charge < -0.3 is 9.47 Å². The van der Waals surface area contributed by atoms with Crippen LogP contribution in [0, 0.1) is 0 Å². The fraction of sp³-hybridized carbons (Fsp3) is 0.200. The molecule has 0 aliphatic heterocycles. The van der Waals surface area contributed by atoms with E-state index in [2.05, 4.69) is 14.9 Å². The van der Waals surface area contributed by atoms with Crippen LogP contribution in [0.3, 0.4) is 0 Å². The van der Waals surface area contributed by atoms with Crippen molar-refractivity contribution in [1.29, 1.82) is 0 Å². The zero-order chi connectivity index (χ0) is 16.9. The summed E-state index contributed by atoms with van der Waals surface area (Å²) in [5.41, 5.74) is 1.30. The van der Waals surface area contributed by atoms with E-state index in [-0.39, 0.29) is 4.90 Å². The van der Waals surface area contributed by atoms with Crippen molar-refractivity contribution < 1.29 is 17.9 Å². The summed E-state index contributed by atoms with van der Waals surface area (Å²) in [4.78, 5) is 6.14. The third-order valence-electron chi connectivity index (χ3n) is 3.10. The highest BCUT2D eigenvalue weighted by Gasteiger charge is 2.16. The predicted octanol–water partition coefficient (Wildman–Crippen LogP) is 1.80. The Kier molecular flexibility index (Phi) is 5.17. The van der Waals surface area contributed by atoms with Crippen LogP contribution in [0.25, 0.3) is 0 Å². The molecule has 0 aliphatic carbocycles. The van der Waals surface area contributed by atoms with Crippen molar-refractivity contribution in [3.63, 3.8) is 0 Å². The maximum atomic E-state index is 12.3. The van der Waals surface area contributed by atoms with E-state index >= 15 is 0 Å². The average Bonchev–Trinajstić information content (AvgIpc) is 2.59. The lowest BCUT2D eigenvalue weighted by molar-refractivity contribution is 0.354. The normalized spacial score (nSPS) is 11.9. The Morgan fingerprint density at radius 3 is 2.35 bits per heavy atom. The zero-order valence-electron chi connectivity index (χ0n) is 13.0. The molecule has 1 aromatic carbocycles. The van der Waals surface area contributed by atoms with Gasteiger partial charge in [-0.05, 0) is 31.2 Å². The highest BCUT2D eigenvalue weighted by Crippen LogP contribution is 2.29. The first-order valence-electron chi connectivity index (χ1n) is 6.66. The van der Waals surface area contributed by atoms with Crippen molar-refractivity contribution in [3.05, 3.63) is 48.3 Å². The highest BCUT2D eigenvalue weighted by molar-refractivity contribution is 7.89. The molecule has 1 heterocycles. The number of ether oxygens (including phenoxy) is 2. The summed E-state index contributed by atoms with van der Waals surface area (Å²) in [6.45, 7) is 1.70. The van der Waals surface area contributed by atoms with Crippen LogP contribution in [0.15, 0.2) is 52.7 Å². The van der Waals surface area contributed by atoms with E-state index in [1.54, 1.807) is 31.5 Å². The number of methoxy groups -OCH3 is 2. The molecular weight excluding hydrogens is 318 g/mol. The van der Waals surface area contributed by atoms with Gasteiger partial charge in [-0.3, -0.25) is 4.98 Å². The van der Waals surface area contributed by atoms with E-state index in [1.807, 2.05) is 0 Å². The number of sulfonamides is 1. The van der Waals surface area contributed by atoms with Crippen molar-refractivity contribution in [2.75, 3.05) is 14.2 Å². The Morgan fingerprint density at radius 1 is 1.09 bits per heavy atom. The van der Waals surface area contributed by atoms with Gasteiger partial charge in [0.1, 0.15) is 0 Å². The van der Waals surface area contributed by atoms with Crippen LogP contribution in [0.4, 0.5) is 0 Å². The molecule has 0 radical (unpaired) electrons. The number of hydrogen-bond acceptors (Lipinski definition) is 6. The number of pyridine rings is 1. The number of aromatic nitrogens is 1. The fourth-order valence-corrected chi connectivity index (χ4v) is 2.69. The molecule has 23 heavy (non-hydrogen) atoms. The van der Waals surface area contributed by atoms with Gasteiger partial charge >= 0.3 is 0 Å². The standard InChI is InChI=1S/C15H17N3O4S/c1-11(12-6-8-16-9-7-12)17-18-23(19,20)13-4-5-14(21-2)15(10-13)22-3/h4-10,18H,1-3H3. The molecule has 122 valence electrons. The van der Waals surface area contributed by atoms with Crippen molar-refractivity contribution in [2.24, 2.45) is 5.10 Å². The smallest absolute Gasteiger partial charge is 0.276 e. The zero-order valence-corrected chi connectivity index (χ0v) is 13.8. The minimum Gasteiger partial charge on any atom is -0.493 e. The molecular formula is C15H17N3O4S. The van der Waals surface area contributed by atoms with Gasteiger partial charge in [-0.25, -0.2) is 0 Å². The van der Waals surface area contributed by atoms with E-state index in [0.29, 0.717) is 17.2 Å². The molecule has 0 fully saturated rings. The van der Waals surface area contributed by atoms with E-state index in [9.17, 15) is 8.42 Å². The van der Waals surface area contributed by atoms with Crippen LogP contribution in [0.1, 0.15) is 12.5 Å². The van der Waals surface area contributed by atoms with E-state index in [1.165, 1.54) is 32.4 Å². The lowest BCUT2D eigenvalue weighted by Crippen LogP contribution is -2.20. The average molecular weight is 335 g/mol. The minimum atomic E-state index is -3.81. The Hall–Kier alpha value is -2.61. The van der Waals surface area contributed by atoms with Gasteiger partial charge in [-0.1, -0.05) is 0 Å². The summed E-state index contributed by atoms with van der Waals surface area (Å²) in [5.74, 6) is 0.771. The van der Waals surface area contributed by atoms with E-state index in [4.69, 9.17) is 9.47 Å². The molecule has 0 aliphatic rings. The SMILES string of the molecule is COc1ccc(S(=O)(=O)NN=C(C)c2ccncc2)cc1OC. The Morgan fingerprint density at radius 2 is 1.74 bits per heavy atom. The molecule has 1 N–H and O–H groups in total. The summed E-state index contributed by atoms with van der Waals surface area (Å²) < 4.78 is 34.8. The number of nitrogens with one attached hydrogen (secondary N) is 1. The van der Waals surface area contributed by atoms with Gasteiger partial charge in [0.2, 0.25) is 0 Å². The third-order valence-corrected chi connectivity index (χ3v) is 4.30. The molecule has 8 heteroatoms. The summed E-state index contributed by atoms with van der Waals surface area (Å²) in [5, 5.41) is 3.92. The second-order valence-electron chi connectivity index (χ2n) is 4.54. The Balaban J connectivity index is 2.25. The monoisotopic (exact) mass is 335 g/mol. The fourth-order valence-electron chi connectivity index (χ4n) is 1.82. The molecule has 7 nitrogen and oxygen atoms in total. The second kappa shape index (κ2) is 7.10. The van der Waals surface area contributed by atoms with E-state index in [0.717, 1.165) is 5.56 Å².